The third kappa shape index (κ3) is 3.61. The zero-order valence-electron chi connectivity index (χ0n) is 9.43. The first-order chi connectivity index (χ1) is 8.44. The van der Waals surface area contributed by atoms with Crippen molar-refractivity contribution in [3.05, 3.63) is 29.3 Å². The van der Waals surface area contributed by atoms with E-state index in [9.17, 15) is 13.2 Å². The number of sulfone groups is 1. The van der Waals surface area contributed by atoms with Gasteiger partial charge in [0.1, 0.15) is 6.10 Å². The Kier molecular flexibility index (Phi) is 3.77. The Morgan fingerprint density at radius 2 is 2.00 bits per heavy atom. The van der Waals surface area contributed by atoms with Gasteiger partial charge in [-0.25, -0.2) is 13.2 Å². The third-order valence-electron chi connectivity index (χ3n) is 2.55. The Labute approximate surface area is 110 Å². The topological polar surface area (TPSA) is 72.5 Å². The van der Waals surface area contributed by atoms with E-state index in [4.69, 9.17) is 16.3 Å². The second-order valence-electron chi connectivity index (χ2n) is 4.06. The zero-order valence-corrected chi connectivity index (χ0v) is 11.0. The van der Waals surface area contributed by atoms with E-state index in [1.165, 1.54) is 0 Å². The smallest absolute Gasteiger partial charge is 0.411 e. The van der Waals surface area contributed by atoms with Crippen LogP contribution in [0.15, 0.2) is 24.3 Å². The third-order valence-corrected chi connectivity index (χ3v) is 4.54. The number of hydrogen-bond donors (Lipinski definition) is 1. The van der Waals surface area contributed by atoms with E-state index in [1.54, 1.807) is 24.3 Å². The van der Waals surface area contributed by atoms with Crippen LogP contribution in [0.2, 0.25) is 5.02 Å². The van der Waals surface area contributed by atoms with Gasteiger partial charge in [0.15, 0.2) is 9.84 Å². The minimum Gasteiger partial charge on any atom is -0.445 e. The maximum atomic E-state index is 11.5. The minimum absolute atomic E-state index is 0.0753. The van der Waals surface area contributed by atoms with Crippen LogP contribution in [-0.2, 0) is 14.6 Å². The normalized spacial score (nSPS) is 21.5. The molecule has 0 aliphatic carbocycles. The average molecular weight is 290 g/mol. The van der Waals surface area contributed by atoms with Gasteiger partial charge in [0.05, 0.1) is 11.5 Å². The van der Waals surface area contributed by atoms with Gasteiger partial charge in [0, 0.05) is 10.7 Å². The monoisotopic (exact) mass is 289 g/mol. The highest BCUT2D eigenvalue weighted by molar-refractivity contribution is 7.91. The predicted molar refractivity (Wildman–Crippen MR) is 68.6 cm³/mol. The summed E-state index contributed by atoms with van der Waals surface area (Å²) >= 11 is 5.71. The van der Waals surface area contributed by atoms with Crippen molar-refractivity contribution in [3.63, 3.8) is 0 Å². The molecule has 1 heterocycles. The van der Waals surface area contributed by atoms with E-state index in [0.29, 0.717) is 17.1 Å². The van der Waals surface area contributed by atoms with Gasteiger partial charge in [-0.1, -0.05) is 11.6 Å². The molecule has 0 spiro atoms. The highest BCUT2D eigenvalue weighted by Gasteiger charge is 2.30. The molecule has 1 aliphatic heterocycles. The van der Waals surface area contributed by atoms with E-state index >= 15 is 0 Å². The first kappa shape index (κ1) is 13.2. The summed E-state index contributed by atoms with van der Waals surface area (Å²) in [5, 5.41) is 3.07. The maximum Gasteiger partial charge on any atom is 0.411 e. The van der Waals surface area contributed by atoms with Crippen molar-refractivity contribution in [3.8, 4) is 0 Å². The fraction of sp³-hybridized carbons (Fsp3) is 0.364. The molecule has 7 heteroatoms. The van der Waals surface area contributed by atoms with Gasteiger partial charge < -0.3 is 4.74 Å². The van der Waals surface area contributed by atoms with Crippen molar-refractivity contribution in [1.29, 1.82) is 0 Å². The van der Waals surface area contributed by atoms with Crippen LogP contribution in [0.3, 0.4) is 0 Å². The molecule has 0 saturated carbocycles. The molecular formula is C11H12ClNO4S. The van der Waals surface area contributed by atoms with Gasteiger partial charge in [0.25, 0.3) is 0 Å². The summed E-state index contributed by atoms with van der Waals surface area (Å²) in [6, 6.07) is 6.54. The van der Waals surface area contributed by atoms with Crippen molar-refractivity contribution in [2.24, 2.45) is 0 Å². The lowest BCUT2D eigenvalue weighted by Crippen LogP contribution is -2.23. The van der Waals surface area contributed by atoms with E-state index in [1.807, 2.05) is 0 Å². The highest BCUT2D eigenvalue weighted by Crippen LogP contribution is 2.17. The Morgan fingerprint density at radius 3 is 2.56 bits per heavy atom. The fourth-order valence-corrected chi connectivity index (χ4v) is 3.40. The quantitative estimate of drug-likeness (QED) is 0.905. The number of hydrogen-bond acceptors (Lipinski definition) is 4. The van der Waals surface area contributed by atoms with Gasteiger partial charge in [-0.3, -0.25) is 5.32 Å². The summed E-state index contributed by atoms with van der Waals surface area (Å²) in [6.45, 7) is 0. The first-order valence-corrected chi connectivity index (χ1v) is 7.58. The molecule has 1 aromatic carbocycles. The lowest BCUT2D eigenvalue weighted by atomic mass is 10.3. The molecule has 1 amide bonds. The van der Waals surface area contributed by atoms with Crippen LogP contribution < -0.4 is 5.32 Å². The predicted octanol–water partition coefficient (Wildman–Crippen LogP) is 2.08. The Hall–Kier alpha value is -1.27. The number of anilines is 1. The number of nitrogens with one attached hydrogen (secondary N) is 1. The average Bonchev–Trinajstić information content (AvgIpc) is 2.61. The van der Waals surface area contributed by atoms with Crippen LogP contribution in [-0.4, -0.2) is 32.1 Å². The number of amides is 1. The van der Waals surface area contributed by atoms with Gasteiger partial charge in [-0.05, 0) is 30.7 Å². The van der Waals surface area contributed by atoms with E-state index in [2.05, 4.69) is 5.32 Å². The van der Waals surface area contributed by atoms with Crippen LogP contribution in [0.1, 0.15) is 6.42 Å². The van der Waals surface area contributed by atoms with Crippen LogP contribution in [0.25, 0.3) is 0 Å². The standard InChI is InChI=1S/C11H12ClNO4S/c12-8-1-3-9(4-2-8)13-11(14)17-10-5-6-18(15,16)7-10/h1-4,10H,5-7H2,(H,13,14). The highest BCUT2D eigenvalue weighted by atomic mass is 35.5. The Balaban J connectivity index is 1.88. The lowest BCUT2D eigenvalue weighted by molar-refractivity contribution is 0.124. The summed E-state index contributed by atoms with van der Waals surface area (Å²) in [4.78, 5) is 11.5. The number of benzene rings is 1. The summed E-state index contributed by atoms with van der Waals surface area (Å²) < 4.78 is 27.4. The molecule has 0 aromatic heterocycles. The molecule has 1 N–H and O–H groups in total. The second-order valence-corrected chi connectivity index (χ2v) is 6.73. The largest absolute Gasteiger partial charge is 0.445 e. The SMILES string of the molecule is O=C(Nc1ccc(Cl)cc1)OC1CCS(=O)(=O)C1. The fourth-order valence-electron chi connectivity index (χ4n) is 1.69. The molecule has 0 radical (unpaired) electrons. The van der Waals surface area contributed by atoms with Crippen molar-refractivity contribution in [1.82, 2.24) is 0 Å². The van der Waals surface area contributed by atoms with Crippen molar-refractivity contribution in [2.75, 3.05) is 16.8 Å². The lowest BCUT2D eigenvalue weighted by Gasteiger charge is -2.11. The van der Waals surface area contributed by atoms with Crippen molar-refractivity contribution < 1.29 is 17.9 Å². The Morgan fingerprint density at radius 1 is 1.33 bits per heavy atom. The molecule has 0 bridgehead atoms. The van der Waals surface area contributed by atoms with Crippen molar-refractivity contribution in [2.45, 2.75) is 12.5 Å². The number of carbonyl (C=O) groups is 1. The molecule has 18 heavy (non-hydrogen) atoms. The molecular weight excluding hydrogens is 278 g/mol. The number of ether oxygens (including phenoxy) is 1. The minimum atomic E-state index is -3.04. The first-order valence-electron chi connectivity index (χ1n) is 5.38. The summed E-state index contributed by atoms with van der Waals surface area (Å²) in [5.74, 6) is -0.0209. The van der Waals surface area contributed by atoms with Gasteiger partial charge in [-0.15, -0.1) is 0 Å². The maximum absolute atomic E-state index is 11.5. The van der Waals surface area contributed by atoms with Crippen LogP contribution in [0.4, 0.5) is 10.5 Å². The molecule has 2 rings (SSSR count). The van der Waals surface area contributed by atoms with E-state index in [0.717, 1.165) is 0 Å². The molecule has 1 aromatic rings. The van der Waals surface area contributed by atoms with Gasteiger partial charge in [-0.2, -0.15) is 0 Å². The molecule has 1 saturated heterocycles. The van der Waals surface area contributed by atoms with Gasteiger partial charge >= 0.3 is 6.09 Å². The second kappa shape index (κ2) is 5.16. The number of rotatable bonds is 2. The summed E-state index contributed by atoms with van der Waals surface area (Å²) in [5.41, 5.74) is 0.547. The molecule has 1 unspecified atom stereocenters. The molecule has 1 fully saturated rings. The number of carbonyl (C=O) groups excluding carboxylic acids is 1. The van der Waals surface area contributed by atoms with Crippen LogP contribution in [0.5, 0.6) is 0 Å². The Bertz CT molecular complexity index is 541. The molecule has 1 atom stereocenters. The summed E-state index contributed by atoms with van der Waals surface area (Å²) in [6.07, 6.45) is -0.849. The summed E-state index contributed by atoms with van der Waals surface area (Å²) in [7, 11) is -3.04. The van der Waals surface area contributed by atoms with Crippen LogP contribution in [0, 0.1) is 0 Å². The van der Waals surface area contributed by atoms with E-state index < -0.39 is 22.0 Å². The van der Waals surface area contributed by atoms with Crippen LogP contribution >= 0.6 is 11.6 Å². The van der Waals surface area contributed by atoms with E-state index in [-0.39, 0.29) is 11.5 Å². The molecule has 1 aliphatic rings. The molecule has 98 valence electrons. The molecule has 5 nitrogen and oxygen atoms in total. The van der Waals surface area contributed by atoms with Crippen molar-refractivity contribution >= 4 is 33.2 Å². The van der Waals surface area contributed by atoms with Gasteiger partial charge in [0.2, 0.25) is 0 Å². The number of halogens is 1. The zero-order chi connectivity index (χ0) is 13.2.